The highest BCUT2D eigenvalue weighted by molar-refractivity contribution is 7.92. The van der Waals surface area contributed by atoms with Crippen LogP contribution in [0.3, 0.4) is 0 Å². The van der Waals surface area contributed by atoms with Crippen LogP contribution in [0.5, 0.6) is 0 Å². The molecule has 1 atom stereocenters. The Morgan fingerprint density at radius 2 is 1.68 bits per heavy atom. The predicted molar refractivity (Wildman–Crippen MR) is 150 cm³/mol. The van der Waals surface area contributed by atoms with E-state index in [-0.39, 0.29) is 18.5 Å². The van der Waals surface area contributed by atoms with E-state index in [0.717, 1.165) is 42.7 Å². The van der Waals surface area contributed by atoms with Crippen molar-refractivity contribution in [3.63, 3.8) is 0 Å². The molecule has 2 aromatic carbocycles. The monoisotopic (exact) mass is 587 g/mol. The standard InChI is InChI=1S/C26H32Cl3N3O4S/c1-17-14-19(27)12-13-24(17)32(37(3,35)36)16-25(33)31(15-21-22(28)10-7-11-23(21)29)18(2)26(34)30-20-8-5-4-6-9-20/h7,10-14,18,20H,4-6,8-9,15-16H2,1-3H3,(H,30,34)/t18-/m1/s1. The fourth-order valence-corrected chi connectivity index (χ4v) is 6.15. The molecule has 0 saturated heterocycles. The molecular formula is C26H32Cl3N3O4S. The quantitative estimate of drug-likeness (QED) is 0.414. The molecule has 0 heterocycles. The van der Waals surface area contributed by atoms with Crippen molar-refractivity contribution in [1.82, 2.24) is 10.2 Å². The maximum Gasteiger partial charge on any atom is 0.244 e. The third-order valence-corrected chi connectivity index (χ3v) is 8.69. The Morgan fingerprint density at radius 3 is 2.24 bits per heavy atom. The Balaban J connectivity index is 1.94. The highest BCUT2D eigenvalue weighted by atomic mass is 35.5. The molecule has 1 N–H and O–H groups in total. The van der Waals surface area contributed by atoms with Gasteiger partial charge in [0.05, 0.1) is 11.9 Å². The van der Waals surface area contributed by atoms with E-state index in [2.05, 4.69) is 5.32 Å². The van der Waals surface area contributed by atoms with E-state index in [9.17, 15) is 18.0 Å². The molecule has 11 heteroatoms. The Labute approximate surface area is 234 Å². The summed E-state index contributed by atoms with van der Waals surface area (Å²) in [6.07, 6.45) is 6.04. The van der Waals surface area contributed by atoms with Crippen LogP contribution in [0.4, 0.5) is 5.69 Å². The molecule has 1 aliphatic carbocycles. The van der Waals surface area contributed by atoms with E-state index in [0.29, 0.717) is 31.9 Å². The lowest BCUT2D eigenvalue weighted by Crippen LogP contribution is -2.53. The first-order valence-electron chi connectivity index (χ1n) is 12.1. The number of hydrogen-bond acceptors (Lipinski definition) is 4. The van der Waals surface area contributed by atoms with Crippen molar-refractivity contribution in [2.75, 3.05) is 17.1 Å². The minimum Gasteiger partial charge on any atom is -0.352 e. The summed E-state index contributed by atoms with van der Waals surface area (Å²) in [6, 6.07) is 8.89. The highest BCUT2D eigenvalue weighted by Gasteiger charge is 2.32. The summed E-state index contributed by atoms with van der Waals surface area (Å²) in [6.45, 7) is 2.77. The van der Waals surface area contributed by atoms with Crippen molar-refractivity contribution in [2.45, 2.75) is 64.6 Å². The molecule has 7 nitrogen and oxygen atoms in total. The van der Waals surface area contributed by atoms with Gasteiger partial charge in [-0.15, -0.1) is 0 Å². The zero-order valence-electron chi connectivity index (χ0n) is 21.1. The van der Waals surface area contributed by atoms with Gasteiger partial charge in [0.1, 0.15) is 12.6 Å². The summed E-state index contributed by atoms with van der Waals surface area (Å²) in [5.41, 5.74) is 1.40. The van der Waals surface area contributed by atoms with Crippen molar-refractivity contribution < 1.29 is 18.0 Å². The maximum absolute atomic E-state index is 13.7. The number of carbonyl (C=O) groups is 2. The van der Waals surface area contributed by atoms with Gasteiger partial charge in [0.15, 0.2) is 0 Å². The molecule has 1 fully saturated rings. The fraction of sp³-hybridized carbons (Fsp3) is 0.462. The number of nitrogens with one attached hydrogen (secondary N) is 1. The van der Waals surface area contributed by atoms with Crippen LogP contribution < -0.4 is 9.62 Å². The number of nitrogens with zero attached hydrogens (tertiary/aromatic N) is 2. The minimum atomic E-state index is -3.85. The Morgan fingerprint density at radius 1 is 1.05 bits per heavy atom. The van der Waals surface area contributed by atoms with E-state index < -0.39 is 28.5 Å². The molecule has 0 unspecified atom stereocenters. The average Bonchev–Trinajstić information content (AvgIpc) is 2.82. The van der Waals surface area contributed by atoms with Crippen LogP contribution in [0.2, 0.25) is 15.1 Å². The van der Waals surface area contributed by atoms with Crippen molar-refractivity contribution in [1.29, 1.82) is 0 Å². The van der Waals surface area contributed by atoms with E-state index in [1.807, 2.05) is 0 Å². The summed E-state index contributed by atoms with van der Waals surface area (Å²) < 4.78 is 26.5. The first-order valence-corrected chi connectivity index (χ1v) is 15.1. The second-order valence-electron chi connectivity index (χ2n) is 9.44. The maximum atomic E-state index is 13.7. The molecule has 202 valence electrons. The molecule has 0 spiro atoms. The fourth-order valence-electron chi connectivity index (χ4n) is 4.50. The lowest BCUT2D eigenvalue weighted by molar-refractivity contribution is -0.139. The number of hydrogen-bond donors (Lipinski definition) is 1. The van der Waals surface area contributed by atoms with Gasteiger partial charge in [-0.2, -0.15) is 0 Å². The Hall–Kier alpha value is -2.00. The van der Waals surface area contributed by atoms with Crippen LogP contribution in [0, 0.1) is 6.92 Å². The zero-order chi connectivity index (χ0) is 27.3. The van der Waals surface area contributed by atoms with Crippen LogP contribution in [0.15, 0.2) is 36.4 Å². The third-order valence-electron chi connectivity index (χ3n) is 6.62. The number of halogens is 3. The number of rotatable bonds is 9. The summed E-state index contributed by atoms with van der Waals surface area (Å²) in [7, 11) is -3.85. The molecule has 37 heavy (non-hydrogen) atoms. The lowest BCUT2D eigenvalue weighted by atomic mass is 9.95. The zero-order valence-corrected chi connectivity index (χ0v) is 24.2. The number of aryl methyl sites for hydroxylation is 1. The van der Waals surface area contributed by atoms with E-state index in [1.165, 1.54) is 4.90 Å². The second-order valence-corrected chi connectivity index (χ2v) is 12.6. The number of sulfonamides is 1. The topological polar surface area (TPSA) is 86.8 Å². The van der Waals surface area contributed by atoms with Gasteiger partial charge < -0.3 is 10.2 Å². The van der Waals surface area contributed by atoms with Gasteiger partial charge in [-0.25, -0.2) is 8.42 Å². The molecule has 2 amide bonds. The van der Waals surface area contributed by atoms with Gasteiger partial charge in [0.2, 0.25) is 21.8 Å². The van der Waals surface area contributed by atoms with Crippen molar-refractivity contribution in [3.8, 4) is 0 Å². The first-order chi connectivity index (χ1) is 17.4. The normalized spacial score (nSPS) is 15.2. The number of amides is 2. The van der Waals surface area contributed by atoms with Gasteiger partial charge in [-0.1, -0.05) is 60.1 Å². The van der Waals surface area contributed by atoms with Crippen LogP contribution in [-0.4, -0.2) is 50.0 Å². The molecule has 0 aromatic heterocycles. The van der Waals surface area contributed by atoms with Crippen LogP contribution in [0.25, 0.3) is 0 Å². The van der Waals surface area contributed by atoms with Gasteiger partial charge in [-0.3, -0.25) is 13.9 Å². The first kappa shape index (κ1) is 29.6. The average molecular weight is 589 g/mol. The van der Waals surface area contributed by atoms with E-state index >= 15 is 0 Å². The molecule has 0 aliphatic heterocycles. The largest absolute Gasteiger partial charge is 0.352 e. The van der Waals surface area contributed by atoms with E-state index in [4.69, 9.17) is 34.8 Å². The summed E-state index contributed by atoms with van der Waals surface area (Å²) in [4.78, 5) is 28.3. The van der Waals surface area contributed by atoms with Crippen molar-refractivity contribution >= 4 is 62.3 Å². The Kier molecular flexibility index (Phi) is 10.1. The summed E-state index contributed by atoms with van der Waals surface area (Å²) in [5.74, 6) is -0.876. The predicted octanol–water partition coefficient (Wildman–Crippen LogP) is 5.59. The van der Waals surface area contributed by atoms with Gasteiger partial charge >= 0.3 is 0 Å². The molecule has 0 bridgehead atoms. The van der Waals surface area contributed by atoms with Crippen LogP contribution in [0.1, 0.15) is 50.2 Å². The van der Waals surface area contributed by atoms with Crippen LogP contribution in [-0.2, 0) is 26.2 Å². The molecule has 2 aromatic rings. The number of benzene rings is 2. The number of anilines is 1. The summed E-state index contributed by atoms with van der Waals surface area (Å²) >= 11 is 18.8. The molecule has 1 aliphatic rings. The Bertz CT molecular complexity index is 1230. The smallest absolute Gasteiger partial charge is 0.244 e. The minimum absolute atomic E-state index is 0.0498. The van der Waals surface area contributed by atoms with Gasteiger partial charge in [0, 0.05) is 33.2 Å². The molecule has 0 radical (unpaired) electrons. The van der Waals surface area contributed by atoms with Crippen molar-refractivity contribution in [3.05, 3.63) is 62.6 Å². The number of carbonyl (C=O) groups excluding carboxylic acids is 2. The van der Waals surface area contributed by atoms with Gasteiger partial charge in [-0.05, 0) is 62.6 Å². The molecule has 1 saturated carbocycles. The molecule has 3 rings (SSSR count). The molecular weight excluding hydrogens is 557 g/mol. The second kappa shape index (κ2) is 12.7. The third kappa shape index (κ3) is 7.76. The van der Waals surface area contributed by atoms with Crippen molar-refractivity contribution in [2.24, 2.45) is 0 Å². The van der Waals surface area contributed by atoms with Crippen LogP contribution >= 0.6 is 34.8 Å². The highest BCUT2D eigenvalue weighted by Crippen LogP contribution is 2.29. The lowest BCUT2D eigenvalue weighted by Gasteiger charge is -2.33. The summed E-state index contributed by atoms with van der Waals surface area (Å²) in [5, 5.41) is 4.19. The van der Waals surface area contributed by atoms with Gasteiger partial charge in [0.25, 0.3) is 0 Å². The SMILES string of the molecule is Cc1cc(Cl)ccc1N(CC(=O)N(Cc1c(Cl)cccc1Cl)[C@H](C)C(=O)NC1CCCCC1)S(C)(=O)=O. The van der Waals surface area contributed by atoms with E-state index in [1.54, 1.807) is 50.2 Å².